The standard InChI is InChI=1S/C9H17N5/c1-14(2)9-11-8(12-13-9)6-3-4-7(10)5-6/h6-7H,3-5,10H2,1-2H3,(H,11,12,13)/t6-,7+/m1/s1. The summed E-state index contributed by atoms with van der Waals surface area (Å²) >= 11 is 0. The van der Waals surface area contributed by atoms with Crippen molar-refractivity contribution in [3.63, 3.8) is 0 Å². The van der Waals surface area contributed by atoms with E-state index in [1.807, 2.05) is 19.0 Å². The first-order valence-corrected chi connectivity index (χ1v) is 5.02. The SMILES string of the molecule is CN(C)c1n[nH]c([C@@H]2CC[C@H](N)C2)n1. The van der Waals surface area contributed by atoms with E-state index < -0.39 is 0 Å². The summed E-state index contributed by atoms with van der Waals surface area (Å²) in [4.78, 5) is 6.33. The molecule has 2 rings (SSSR count). The number of H-pyrrole nitrogens is 1. The molecule has 0 aliphatic heterocycles. The summed E-state index contributed by atoms with van der Waals surface area (Å²) in [5, 5.41) is 7.13. The third kappa shape index (κ3) is 1.72. The summed E-state index contributed by atoms with van der Waals surface area (Å²) in [6, 6.07) is 0.341. The lowest BCUT2D eigenvalue weighted by Gasteiger charge is -2.05. The summed E-state index contributed by atoms with van der Waals surface area (Å²) in [7, 11) is 3.88. The molecule has 0 unspecified atom stereocenters. The van der Waals surface area contributed by atoms with E-state index in [0.29, 0.717) is 12.0 Å². The average Bonchev–Trinajstić information content (AvgIpc) is 2.70. The van der Waals surface area contributed by atoms with Crippen molar-refractivity contribution in [1.29, 1.82) is 0 Å². The fourth-order valence-corrected chi connectivity index (χ4v) is 1.91. The molecule has 2 atom stereocenters. The Morgan fingerprint density at radius 1 is 1.43 bits per heavy atom. The van der Waals surface area contributed by atoms with Crippen LogP contribution in [0.4, 0.5) is 5.95 Å². The van der Waals surface area contributed by atoms with Gasteiger partial charge in [-0.25, -0.2) is 0 Å². The minimum atomic E-state index is 0.341. The molecule has 0 aromatic carbocycles. The molecule has 1 aromatic rings. The maximum absolute atomic E-state index is 5.86. The van der Waals surface area contributed by atoms with Gasteiger partial charge >= 0.3 is 0 Å². The molecule has 0 radical (unpaired) electrons. The highest BCUT2D eigenvalue weighted by Crippen LogP contribution is 2.31. The van der Waals surface area contributed by atoms with Crippen LogP contribution in [0.25, 0.3) is 0 Å². The number of aromatic amines is 1. The second-order valence-electron chi connectivity index (χ2n) is 4.19. The van der Waals surface area contributed by atoms with Crippen LogP contribution in [-0.2, 0) is 0 Å². The third-order valence-electron chi connectivity index (χ3n) is 2.75. The van der Waals surface area contributed by atoms with Gasteiger partial charge in [0, 0.05) is 26.1 Å². The van der Waals surface area contributed by atoms with Gasteiger partial charge in [0.25, 0.3) is 0 Å². The van der Waals surface area contributed by atoms with Crippen LogP contribution in [0, 0.1) is 0 Å². The van der Waals surface area contributed by atoms with E-state index in [-0.39, 0.29) is 0 Å². The summed E-state index contributed by atoms with van der Waals surface area (Å²) in [5.74, 6) is 2.22. The summed E-state index contributed by atoms with van der Waals surface area (Å²) in [6.07, 6.45) is 3.26. The van der Waals surface area contributed by atoms with Crippen LogP contribution in [0.2, 0.25) is 0 Å². The predicted octanol–water partition coefficient (Wildman–Crippen LogP) is 0.465. The lowest BCUT2D eigenvalue weighted by atomic mass is 10.1. The molecule has 1 heterocycles. The van der Waals surface area contributed by atoms with Crippen LogP contribution in [0.5, 0.6) is 0 Å². The smallest absolute Gasteiger partial charge is 0.244 e. The summed E-state index contributed by atoms with van der Waals surface area (Å²) in [5.41, 5.74) is 5.86. The molecule has 5 heteroatoms. The molecular weight excluding hydrogens is 178 g/mol. The van der Waals surface area contributed by atoms with Gasteiger partial charge in [-0.15, -0.1) is 5.10 Å². The monoisotopic (exact) mass is 195 g/mol. The Morgan fingerprint density at radius 2 is 2.21 bits per heavy atom. The Labute approximate surface area is 83.7 Å². The highest BCUT2D eigenvalue weighted by molar-refractivity contribution is 5.25. The molecule has 1 fully saturated rings. The number of hydrogen-bond donors (Lipinski definition) is 2. The normalized spacial score (nSPS) is 26.8. The van der Waals surface area contributed by atoms with Crippen molar-refractivity contribution in [2.45, 2.75) is 31.2 Å². The zero-order valence-corrected chi connectivity index (χ0v) is 8.70. The largest absolute Gasteiger partial charge is 0.346 e. The fourth-order valence-electron chi connectivity index (χ4n) is 1.91. The molecular formula is C9H17N5. The Hall–Kier alpha value is -1.10. The van der Waals surface area contributed by atoms with Crippen LogP contribution in [0.1, 0.15) is 31.0 Å². The van der Waals surface area contributed by atoms with E-state index in [1.165, 1.54) is 0 Å². The van der Waals surface area contributed by atoms with E-state index >= 15 is 0 Å². The molecule has 1 aliphatic carbocycles. The second-order valence-corrected chi connectivity index (χ2v) is 4.19. The van der Waals surface area contributed by atoms with Gasteiger partial charge in [0.2, 0.25) is 5.95 Å². The van der Waals surface area contributed by atoms with E-state index in [0.717, 1.165) is 31.0 Å². The van der Waals surface area contributed by atoms with E-state index in [9.17, 15) is 0 Å². The first-order valence-electron chi connectivity index (χ1n) is 5.02. The number of nitrogens with two attached hydrogens (primary N) is 1. The van der Waals surface area contributed by atoms with Crippen molar-refractivity contribution in [1.82, 2.24) is 15.2 Å². The molecule has 78 valence electrons. The second kappa shape index (κ2) is 3.57. The highest BCUT2D eigenvalue weighted by Gasteiger charge is 2.25. The highest BCUT2D eigenvalue weighted by atomic mass is 15.3. The zero-order valence-electron chi connectivity index (χ0n) is 8.70. The maximum atomic E-state index is 5.86. The van der Waals surface area contributed by atoms with Crippen molar-refractivity contribution in [3.05, 3.63) is 5.82 Å². The molecule has 0 spiro atoms. The zero-order chi connectivity index (χ0) is 10.1. The first kappa shape index (κ1) is 9.45. The van der Waals surface area contributed by atoms with Crippen LogP contribution >= 0.6 is 0 Å². The van der Waals surface area contributed by atoms with Gasteiger partial charge in [0.15, 0.2) is 0 Å². The molecule has 5 nitrogen and oxygen atoms in total. The Balaban J connectivity index is 2.09. The Morgan fingerprint density at radius 3 is 2.71 bits per heavy atom. The summed E-state index contributed by atoms with van der Waals surface area (Å²) < 4.78 is 0. The third-order valence-corrected chi connectivity index (χ3v) is 2.75. The van der Waals surface area contributed by atoms with Crippen LogP contribution < -0.4 is 10.6 Å². The number of anilines is 1. The van der Waals surface area contributed by atoms with Crippen molar-refractivity contribution in [3.8, 4) is 0 Å². The lowest BCUT2D eigenvalue weighted by Crippen LogP contribution is -2.14. The molecule has 1 saturated carbocycles. The van der Waals surface area contributed by atoms with Gasteiger partial charge < -0.3 is 10.6 Å². The fraction of sp³-hybridized carbons (Fsp3) is 0.778. The molecule has 3 N–H and O–H groups in total. The number of hydrogen-bond acceptors (Lipinski definition) is 4. The first-order chi connectivity index (χ1) is 6.66. The van der Waals surface area contributed by atoms with Crippen molar-refractivity contribution in [2.24, 2.45) is 5.73 Å². The van der Waals surface area contributed by atoms with Gasteiger partial charge in [0.05, 0.1) is 0 Å². The van der Waals surface area contributed by atoms with Crippen molar-refractivity contribution in [2.75, 3.05) is 19.0 Å². The van der Waals surface area contributed by atoms with E-state index in [4.69, 9.17) is 5.73 Å². The van der Waals surface area contributed by atoms with Crippen molar-refractivity contribution >= 4 is 5.95 Å². The number of rotatable bonds is 2. The van der Waals surface area contributed by atoms with Crippen LogP contribution in [0.3, 0.4) is 0 Å². The van der Waals surface area contributed by atoms with Crippen LogP contribution in [0.15, 0.2) is 0 Å². The number of nitrogens with one attached hydrogen (secondary N) is 1. The number of aromatic nitrogens is 3. The van der Waals surface area contributed by atoms with Crippen LogP contribution in [-0.4, -0.2) is 35.3 Å². The molecule has 0 amide bonds. The quantitative estimate of drug-likeness (QED) is 0.719. The molecule has 14 heavy (non-hydrogen) atoms. The Kier molecular flexibility index (Phi) is 2.41. The topological polar surface area (TPSA) is 70.8 Å². The molecule has 1 aromatic heterocycles. The minimum Gasteiger partial charge on any atom is -0.346 e. The molecule has 0 bridgehead atoms. The van der Waals surface area contributed by atoms with E-state index in [2.05, 4.69) is 15.2 Å². The van der Waals surface area contributed by atoms with Gasteiger partial charge in [-0.05, 0) is 19.3 Å². The lowest BCUT2D eigenvalue weighted by molar-refractivity contribution is 0.645. The maximum Gasteiger partial charge on any atom is 0.244 e. The number of nitrogens with zero attached hydrogens (tertiary/aromatic N) is 3. The van der Waals surface area contributed by atoms with Crippen molar-refractivity contribution < 1.29 is 0 Å². The Bertz CT molecular complexity index is 306. The van der Waals surface area contributed by atoms with Gasteiger partial charge in [-0.3, -0.25) is 5.10 Å². The molecule has 1 aliphatic rings. The van der Waals surface area contributed by atoms with Gasteiger partial charge in [0.1, 0.15) is 5.82 Å². The average molecular weight is 195 g/mol. The summed E-state index contributed by atoms with van der Waals surface area (Å²) in [6.45, 7) is 0. The van der Waals surface area contributed by atoms with E-state index in [1.54, 1.807) is 0 Å². The van der Waals surface area contributed by atoms with Gasteiger partial charge in [-0.1, -0.05) is 0 Å². The molecule has 0 saturated heterocycles. The van der Waals surface area contributed by atoms with Gasteiger partial charge in [-0.2, -0.15) is 4.98 Å². The predicted molar refractivity (Wildman–Crippen MR) is 55.3 cm³/mol. The minimum absolute atomic E-state index is 0.341.